The second kappa shape index (κ2) is 6.53. The first kappa shape index (κ1) is 13.8. The lowest BCUT2D eigenvalue weighted by Crippen LogP contribution is -2.51. The van der Waals surface area contributed by atoms with Crippen molar-refractivity contribution in [2.75, 3.05) is 19.7 Å². The molecule has 2 N–H and O–H groups in total. The van der Waals surface area contributed by atoms with Crippen LogP contribution < -0.4 is 10.6 Å². The van der Waals surface area contributed by atoms with Crippen molar-refractivity contribution in [1.82, 2.24) is 10.6 Å². The van der Waals surface area contributed by atoms with Crippen LogP contribution in [-0.4, -0.2) is 37.7 Å². The van der Waals surface area contributed by atoms with Gasteiger partial charge in [0, 0.05) is 19.1 Å². The predicted molar refractivity (Wildman–Crippen MR) is 71.3 cm³/mol. The third-order valence-corrected chi connectivity index (χ3v) is 4.22. The summed E-state index contributed by atoms with van der Waals surface area (Å²) >= 11 is 0. The molecule has 2 fully saturated rings. The summed E-state index contributed by atoms with van der Waals surface area (Å²) in [6.45, 7) is 6.69. The van der Waals surface area contributed by atoms with E-state index in [2.05, 4.69) is 24.5 Å². The summed E-state index contributed by atoms with van der Waals surface area (Å²) < 4.78 is 5.48. The molecule has 104 valence electrons. The van der Waals surface area contributed by atoms with E-state index in [1.165, 1.54) is 12.8 Å². The van der Waals surface area contributed by atoms with Crippen molar-refractivity contribution >= 4 is 5.91 Å². The Morgan fingerprint density at radius 3 is 2.89 bits per heavy atom. The Labute approximate surface area is 110 Å². The van der Waals surface area contributed by atoms with E-state index in [4.69, 9.17) is 4.74 Å². The van der Waals surface area contributed by atoms with E-state index in [-0.39, 0.29) is 12.0 Å². The summed E-state index contributed by atoms with van der Waals surface area (Å²) in [6.07, 6.45) is 4.50. The molecule has 1 aliphatic carbocycles. The summed E-state index contributed by atoms with van der Waals surface area (Å²) in [4.78, 5) is 12.1. The van der Waals surface area contributed by atoms with Gasteiger partial charge in [0.2, 0.25) is 0 Å². The van der Waals surface area contributed by atoms with Gasteiger partial charge >= 0.3 is 0 Å². The first-order valence-corrected chi connectivity index (χ1v) is 7.29. The van der Waals surface area contributed by atoms with Crippen LogP contribution in [0.15, 0.2) is 0 Å². The Balaban J connectivity index is 1.79. The summed E-state index contributed by atoms with van der Waals surface area (Å²) in [6, 6.07) is 0.351. The maximum atomic E-state index is 12.1. The molecule has 1 saturated carbocycles. The summed E-state index contributed by atoms with van der Waals surface area (Å²) in [5.41, 5.74) is 0. The Morgan fingerprint density at radius 2 is 2.22 bits per heavy atom. The number of ether oxygens (including phenoxy) is 1. The van der Waals surface area contributed by atoms with Crippen molar-refractivity contribution in [2.45, 2.75) is 51.7 Å². The first-order valence-electron chi connectivity index (χ1n) is 7.29. The molecule has 0 aromatic carbocycles. The van der Waals surface area contributed by atoms with Gasteiger partial charge in [-0.2, -0.15) is 0 Å². The van der Waals surface area contributed by atoms with Crippen LogP contribution in [0, 0.1) is 11.8 Å². The molecule has 1 aliphatic heterocycles. The molecule has 18 heavy (non-hydrogen) atoms. The van der Waals surface area contributed by atoms with Gasteiger partial charge in [0.15, 0.2) is 0 Å². The van der Waals surface area contributed by atoms with Gasteiger partial charge in [-0.25, -0.2) is 0 Å². The summed E-state index contributed by atoms with van der Waals surface area (Å²) in [5, 5.41) is 6.36. The fourth-order valence-corrected chi connectivity index (χ4v) is 2.99. The van der Waals surface area contributed by atoms with Crippen molar-refractivity contribution in [3.05, 3.63) is 0 Å². The van der Waals surface area contributed by atoms with Gasteiger partial charge in [0.05, 0.1) is 6.61 Å². The highest BCUT2D eigenvalue weighted by atomic mass is 16.5. The number of rotatable bonds is 3. The van der Waals surface area contributed by atoms with Crippen molar-refractivity contribution in [1.29, 1.82) is 0 Å². The van der Waals surface area contributed by atoms with E-state index in [1.54, 1.807) is 0 Å². The normalized spacial score (nSPS) is 33.4. The monoisotopic (exact) mass is 254 g/mol. The highest BCUT2D eigenvalue weighted by Crippen LogP contribution is 2.29. The lowest BCUT2D eigenvalue weighted by molar-refractivity contribution is -0.135. The number of carbonyl (C=O) groups is 1. The van der Waals surface area contributed by atoms with Crippen LogP contribution in [0.3, 0.4) is 0 Å². The molecule has 1 amide bonds. The number of nitrogens with one attached hydrogen (secondary N) is 2. The van der Waals surface area contributed by atoms with Crippen LogP contribution in [0.2, 0.25) is 0 Å². The minimum absolute atomic E-state index is 0.0663. The summed E-state index contributed by atoms with van der Waals surface area (Å²) in [5.74, 6) is 1.54. The van der Waals surface area contributed by atoms with Crippen LogP contribution in [0.4, 0.5) is 0 Å². The largest absolute Gasteiger partial charge is 0.366 e. The van der Waals surface area contributed by atoms with Gasteiger partial charge in [0.25, 0.3) is 5.91 Å². The lowest BCUT2D eigenvalue weighted by atomic mass is 9.79. The number of morpholine rings is 1. The SMILES string of the molecule is CC(C)C1CCCC(NC(=O)C2CNCCO2)C1. The zero-order chi connectivity index (χ0) is 13.0. The first-order chi connectivity index (χ1) is 8.66. The molecular weight excluding hydrogens is 228 g/mol. The van der Waals surface area contributed by atoms with Crippen molar-refractivity contribution in [2.24, 2.45) is 11.8 Å². The molecule has 2 rings (SSSR count). The van der Waals surface area contributed by atoms with Crippen molar-refractivity contribution in [3.63, 3.8) is 0 Å². The molecule has 3 atom stereocenters. The Bertz CT molecular complexity index is 275. The second-order valence-corrected chi connectivity index (χ2v) is 5.94. The minimum Gasteiger partial charge on any atom is -0.366 e. The molecule has 1 saturated heterocycles. The van der Waals surface area contributed by atoms with Gasteiger partial charge in [-0.05, 0) is 24.7 Å². The molecular formula is C14H26N2O2. The highest BCUT2D eigenvalue weighted by molar-refractivity contribution is 5.81. The van der Waals surface area contributed by atoms with Crippen LogP contribution in [0.25, 0.3) is 0 Å². The third-order valence-electron chi connectivity index (χ3n) is 4.22. The van der Waals surface area contributed by atoms with Crippen LogP contribution in [-0.2, 0) is 9.53 Å². The maximum Gasteiger partial charge on any atom is 0.250 e. The number of carbonyl (C=O) groups excluding carboxylic acids is 1. The van der Waals surface area contributed by atoms with Gasteiger partial charge in [-0.3, -0.25) is 4.79 Å². The molecule has 3 unspecified atom stereocenters. The average molecular weight is 254 g/mol. The van der Waals surface area contributed by atoms with Gasteiger partial charge in [-0.1, -0.05) is 26.7 Å². The molecule has 4 nitrogen and oxygen atoms in total. The van der Waals surface area contributed by atoms with Crippen LogP contribution in [0.5, 0.6) is 0 Å². The highest BCUT2D eigenvalue weighted by Gasteiger charge is 2.28. The Morgan fingerprint density at radius 1 is 1.39 bits per heavy atom. The molecule has 0 bridgehead atoms. The molecule has 0 aromatic heterocycles. The molecule has 0 aromatic rings. The molecule has 1 heterocycles. The van der Waals surface area contributed by atoms with E-state index in [0.717, 1.165) is 31.2 Å². The van der Waals surface area contributed by atoms with E-state index < -0.39 is 0 Å². The number of amides is 1. The van der Waals surface area contributed by atoms with Crippen molar-refractivity contribution in [3.8, 4) is 0 Å². The molecule has 4 heteroatoms. The Hall–Kier alpha value is -0.610. The molecule has 0 spiro atoms. The lowest BCUT2D eigenvalue weighted by Gasteiger charge is -2.33. The summed E-state index contributed by atoms with van der Waals surface area (Å²) in [7, 11) is 0. The quantitative estimate of drug-likeness (QED) is 0.798. The third kappa shape index (κ3) is 3.69. The number of hydrogen-bond acceptors (Lipinski definition) is 3. The average Bonchev–Trinajstić information content (AvgIpc) is 2.40. The predicted octanol–water partition coefficient (Wildman–Crippen LogP) is 1.31. The van der Waals surface area contributed by atoms with Crippen LogP contribution >= 0.6 is 0 Å². The zero-order valence-corrected chi connectivity index (χ0v) is 11.6. The zero-order valence-electron chi connectivity index (χ0n) is 11.6. The fraction of sp³-hybridized carbons (Fsp3) is 0.929. The van der Waals surface area contributed by atoms with E-state index in [9.17, 15) is 4.79 Å². The van der Waals surface area contributed by atoms with Gasteiger partial charge in [0.1, 0.15) is 6.10 Å². The van der Waals surface area contributed by atoms with Crippen LogP contribution in [0.1, 0.15) is 39.5 Å². The minimum atomic E-state index is -0.293. The Kier molecular flexibility index (Phi) is 5.01. The fourth-order valence-electron chi connectivity index (χ4n) is 2.99. The van der Waals surface area contributed by atoms with E-state index >= 15 is 0 Å². The molecule has 0 radical (unpaired) electrons. The standard InChI is InChI=1S/C14H26N2O2/c1-10(2)11-4-3-5-12(8-11)16-14(17)13-9-15-6-7-18-13/h10-13,15H,3-9H2,1-2H3,(H,16,17). The van der Waals surface area contributed by atoms with Crippen molar-refractivity contribution < 1.29 is 9.53 Å². The van der Waals surface area contributed by atoms with Gasteiger partial charge < -0.3 is 15.4 Å². The second-order valence-electron chi connectivity index (χ2n) is 5.94. The maximum absolute atomic E-state index is 12.1. The molecule has 2 aliphatic rings. The number of hydrogen-bond donors (Lipinski definition) is 2. The van der Waals surface area contributed by atoms with Gasteiger partial charge in [-0.15, -0.1) is 0 Å². The van der Waals surface area contributed by atoms with E-state index in [1.807, 2.05) is 0 Å². The smallest absolute Gasteiger partial charge is 0.250 e. The topological polar surface area (TPSA) is 50.4 Å². The van der Waals surface area contributed by atoms with E-state index in [0.29, 0.717) is 19.2 Å².